The first kappa shape index (κ1) is 54.7. The van der Waals surface area contributed by atoms with Crippen molar-refractivity contribution in [3.05, 3.63) is 366 Å². The Hall–Kier alpha value is -9.07. The van der Waals surface area contributed by atoms with Crippen LogP contribution in [-0.2, 0) is 52.3 Å². The van der Waals surface area contributed by atoms with Crippen LogP contribution in [0.2, 0.25) is 0 Å². The molecule has 0 saturated heterocycles. The van der Waals surface area contributed by atoms with Crippen molar-refractivity contribution in [2.75, 3.05) is 0 Å². The number of carboxylic acid groups (broad SMARTS) is 3. The maximum atomic E-state index is 12.4. The predicted molar refractivity (Wildman–Crippen MR) is 300 cm³/mol. The second kappa shape index (κ2) is 26.2. The van der Waals surface area contributed by atoms with Gasteiger partial charge in [-0.05, 0) is 50.1 Å². The average Bonchev–Trinajstić information content (AvgIpc) is 3.99. The van der Waals surface area contributed by atoms with Crippen molar-refractivity contribution < 1.29 is 51.4 Å². The third kappa shape index (κ3) is 11.5. The Bertz CT molecular complexity index is 2840. The summed E-state index contributed by atoms with van der Waals surface area (Å²) in [6.07, 6.45) is 0. The van der Waals surface area contributed by atoms with E-state index in [2.05, 4.69) is 42.5 Å². The normalized spacial score (nSPS) is 10.8. The van der Waals surface area contributed by atoms with Gasteiger partial charge in [0.25, 0.3) is 0 Å². The van der Waals surface area contributed by atoms with Crippen LogP contribution in [0, 0.1) is 0 Å². The van der Waals surface area contributed by atoms with Gasteiger partial charge in [-0.3, -0.25) is 14.4 Å². The third-order valence-electron chi connectivity index (χ3n) is 13.4. The zero-order valence-corrected chi connectivity index (χ0v) is 43.2. The molecule has 76 heavy (non-hydrogen) atoms. The van der Waals surface area contributed by atoms with E-state index in [4.69, 9.17) is 0 Å². The van der Waals surface area contributed by atoms with E-state index in [-0.39, 0.29) is 21.7 Å². The zero-order valence-electron chi connectivity index (χ0n) is 41.6. The second-order valence-corrected chi connectivity index (χ2v) is 17.6. The summed E-state index contributed by atoms with van der Waals surface area (Å²) in [4.78, 5) is 37.3. The summed E-state index contributed by atoms with van der Waals surface area (Å²) in [7, 11) is 0. The number of aliphatic carboxylic acids is 3. The largest absolute Gasteiger partial charge is 0.480 e. The van der Waals surface area contributed by atoms with E-state index in [0.29, 0.717) is 0 Å². The van der Waals surface area contributed by atoms with Gasteiger partial charge in [0.1, 0.15) is 16.2 Å². The van der Waals surface area contributed by atoms with Gasteiger partial charge in [-0.15, -0.1) is 29.7 Å². The van der Waals surface area contributed by atoms with Crippen molar-refractivity contribution in [1.82, 2.24) is 0 Å². The van der Waals surface area contributed by atoms with E-state index in [9.17, 15) is 29.7 Å². The molecule has 0 aromatic heterocycles. The van der Waals surface area contributed by atoms with Crippen molar-refractivity contribution in [1.29, 1.82) is 0 Å². The van der Waals surface area contributed by atoms with E-state index < -0.39 is 34.2 Å². The van der Waals surface area contributed by atoms with Gasteiger partial charge in [0.2, 0.25) is 0 Å². The summed E-state index contributed by atoms with van der Waals surface area (Å²) in [6, 6.07) is 99.1. The van der Waals surface area contributed by atoms with E-state index in [1.54, 1.807) is 0 Å². The number of carbonyl (C=O) groups is 3. The molecule has 11 aromatic carbocycles. The van der Waals surface area contributed by atoms with Crippen LogP contribution in [0.1, 0.15) is 50.1 Å². The number of hydrogen-bond donors (Lipinski definition) is 3. The van der Waals surface area contributed by atoms with Crippen LogP contribution >= 0.6 is 0 Å². The Morgan fingerprint density at radius 1 is 0.250 bits per heavy atom. The molecule has 0 unspecified atom stereocenters. The quantitative estimate of drug-likeness (QED) is 0.0638. The number of benzene rings is 10. The molecular formula is C69H55O6Ti-. The molecule has 11 rings (SSSR count). The Morgan fingerprint density at radius 3 is 0.592 bits per heavy atom. The fraction of sp³-hybridized carbons (Fsp3) is 0.0435. The molecule has 0 spiro atoms. The minimum absolute atomic E-state index is 0. The van der Waals surface area contributed by atoms with Gasteiger partial charge in [-0.25, -0.2) is 0 Å². The summed E-state index contributed by atoms with van der Waals surface area (Å²) in [5, 5.41) is 33.2. The molecule has 0 saturated carbocycles. The first-order valence-electron chi connectivity index (χ1n) is 24.6. The standard InChI is InChI=1S/3C20H16O2.C9H7.Ti/c3*21-19(22)20(16-10-4-1-5-11-16,17-12-6-2-7-13-17)18-14-8-3-9-15-18;1-2-5-9-7-3-6-8(9)4-1;/h3*1-15H,(H,21,22);1-7H;/q;;;-1;. The van der Waals surface area contributed by atoms with Crippen LogP contribution in [-0.4, -0.2) is 33.2 Å². The number of hydrogen-bond acceptors (Lipinski definition) is 3. The summed E-state index contributed by atoms with van der Waals surface area (Å²) in [5.41, 5.74) is 3.14. The van der Waals surface area contributed by atoms with Gasteiger partial charge in [0, 0.05) is 21.7 Å². The first-order chi connectivity index (χ1) is 36.7. The molecule has 7 heteroatoms. The maximum Gasteiger partial charge on any atom is 0.323 e. The summed E-state index contributed by atoms with van der Waals surface area (Å²) in [5.74, 6) is -2.64. The summed E-state index contributed by atoms with van der Waals surface area (Å²) >= 11 is 0. The molecule has 0 fully saturated rings. The fourth-order valence-electron chi connectivity index (χ4n) is 9.87. The molecule has 0 aliphatic rings. The minimum atomic E-state index is -1.20. The SMILES string of the molecule is O=C(O)C(c1ccccc1)(c1ccccc1)c1ccccc1.O=C(O)C(c1ccccc1)(c1ccccc1)c1ccccc1.O=C(O)C(c1ccccc1)(c1ccccc1)c1ccccc1.[Ti].c1ccc2[cH-]ccc2c1. The Kier molecular flexibility index (Phi) is 18.9. The zero-order chi connectivity index (χ0) is 52.4. The van der Waals surface area contributed by atoms with Gasteiger partial charge in [-0.1, -0.05) is 279 Å². The molecule has 6 nitrogen and oxygen atoms in total. The molecule has 0 aliphatic carbocycles. The molecule has 3 N–H and O–H groups in total. The summed E-state index contributed by atoms with van der Waals surface area (Å²) in [6.45, 7) is 0. The topological polar surface area (TPSA) is 112 Å². The first-order valence-corrected chi connectivity index (χ1v) is 24.6. The second-order valence-electron chi connectivity index (χ2n) is 17.6. The van der Waals surface area contributed by atoms with Crippen LogP contribution in [0.5, 0.6) is 0 Å². The van der Waals surface area contributed by atoms with E-state index in [0.717, 1.165) is 50.1 Å². The van der Waals surface area contributed by atoms with Crippen LogP contribution < -0.4 is 0 Å². The van der Waals surface area contributed by atoms with Crippen molar-refractivity contribution in [2.24, 2.45) is 0 Å². The average molecular weight is 1030 g/mol. The minimum Gasteiger partial charge on any atom is -0.480 e. The van der Waals surface area contributed by atoms with Crippen LogP contribution in [0.25, 0.3) is 10.8 Å². The fourth-order valence-corrected chi connectivity index (χ4v) is 9.87. The smallest absolute Gasteiger partial charge is 0.323 e. The van der Waals surface area contributed by atoms with Crippen molar-refractivity contribution >= 4 is 28.7 Å². The molecular weight excluding hydrogens is 973 g/mol. The van der Waals surface area contributed by atoms with Gasteiger partial charge in [0.05, 0.1) is 0 Å². The number of carboxylic acids is 3. The molecule has 0 amide bonds. The maximum absolute atomic E-state index is 12.4. The van der Waals surface area contributed by atoms with Gasteiger partial charge in [-0.2, -0.15) is 17.5 Å². The molecule has 0 bridgehead atoms. The van der Waals surface area contributed by atoms with E-state index in [1.165, 1.54) is 10.8 Å². The van der Waals surface area contributed by atoms with Crippen LogP contribution in [0.15, 0.2) is 315 Å². The van der Waals surface area contributed by atoms with Crippen LogP contribution in [0.4, 0.5) is 0 Å². The van der Waals surface area contributed by atoms with Crippen molar-refractivity contribution in [3.63, 3.8) is 0 Å². The molecule has 0 heterocycles. The molecule has 0 aliphatic heterocycles. The Morgan fingerprint density at radius 2 is 0.421 bits per heavy atom. The predicted octanol–water partition coefficient (Wildman–Crippen LogP) is 14.9. The number of rotatable bonds is 12. The Balaban J connectivity index is 0.000000152. The Labute approximate surface area is 459 Å². The van der Waals surface area contributed by atoms with Gasteiger partial charge >= 0.3 is 17.9 Å². The molecule has 11 aromatic rings. The summed E-state index contributed by atoms with van der Waals surface area (Å²) < 4.78 is 0. The number of fused-ring (bicyclic) bond motifs is 1. The molecule has 0 radical (unpaired) electrons. The van der Waals surface area contributed by atoms with E-state index >= 15 is 0 Å². The van der Waals surface area contributed by atoms with Crippen LogP contribution in [0.3, 0.4) is 0 Å². The monoisotopic (exact) mass is 1030 g/mol. The van der Waals surface area contributed by atoms with Gasteiger partial charge < -0.3 is 15.3 Å². The molecule has 0 atom stereocenters. The third-order valence-corrected chi connectivity index (χ3v) is 13.4. The molecule has 372 valence electrons. The van der Waals surface area contributed by atoms with Crippen molar-refractivity contribution in [2.45, 2.75) is 16.2 Å². The van der Waals surface area contributed by atoms with Crippen molar-refractivity contribution in [3.8, 4) is 0 Å². The van der Waals surface area contributed by atoms with Gasteiger partial charge in [0.15, 0.2) is 0 Å². The van der Waals surface area contributed by atoms with E-state index in [1.807, 2.05) is 273 Å².